The van der Waals surface area contributed by atoms with E-state index in [4.69, 9.17) is 4.74 Å². The fourth-order valence-corrected chi connectivity index (χ4v) is 1.27. The van der Waals surface area contributed by atoms with Gasteiger partial charge in [-0.15, -0.1) is 0 Å². The average Bonchev–Trinajstić information content (AvgIpc) is 2.21. The minimum absolute atomic E-state index is 0.297. The standard InChI is InChI=1S/C12H24N2O3/c1-6-14(9-7-8-13(5)10-15)11(16)17-12(2,3)4/h10H,6-9H2,1-5H3. The van der Waals surface area contributed by atoms with Crippen LogP contribution in [0.25, 0.3) is 0 Å². The molecule has 100 valence electrons. The summed E-state index contributed by atoms with van der Waals surface area (Å²) in [6.07, 6.45) is 1.24. The van der Waals surface area contributed by atoms with Gasteiger partial charge in [-0.05, 0) is 34.1 Å². The van der Waals surface area contributed by atoms with Crippen molar-refractivity contribution in [3.05, 3.63) is 0 Å². The molecule has 5 heteroatoms. The smallest absolute Gasteiger partial charge is 0.410 e. The Morgan fingerprint density at radius 2 is 1.88 bits per heavy atom. The molecular formula is C12H24N2O3. The molecule has 5 nitrogen and oxygen atoms in total. The number of amides is 2. The van der Waals surface area contributed by atoms with Gasteiger partial charge in [0.15, 0.2) is 0 Å². The molecule has 0 rings (SSSR count). The van der Waals surface area contributed by atoms with Gasteiger partial charge in [-0.25, -0.2) is 4.79 Å². The first-order valence-electron chi connectivity index (χ1n) is 5.93. The van der Waals surface area contributed by atoms with E-state index in [1.807, 2.05) is 27.7 Å². The number of hydrogen-bond donors (Lipinski definition) is 0. The predicted octanol–water partition coefficient (Wildman–Crippen LogP) is 1.72. The summed E-state index contributed by atoms with van der Waals surface area (Å²) in [5.74, 6) is 0. The van der Waals surface area contributed by atoms with Crippen LogP contribution in [-0.2, 0) is 9.53 Å². The van der Waals surface area contributed by atoms with Crippen molar-refractivity contribution in [1.82, 2.24) is 9.80 Å². The summed E-state index contributed by atoms with van der Waals surface area (Å²) in [6, 6.07) is 0. The van der Waals surface area contributed by atoms with Crippen LogP contribution in [0.4, 0.5) is 4.79 Å². The third-order valence-electron chi connectivity index (χ3n) is 2.15. The van der Waals surface area contributed by atoms with Gasteiger partial charge in [0.25, 0.3) is 0 Å². The lowest BCUT2D eigenvalue weighted by molar-refractivity contribution is -0.117. The third-order valence-corrected chi connectivity index (χ3v) is 2.15. The van der Waals surface area contributed by atoms with Crippen molar-refractivity contribution >= 4 is 12.5 Å². The van der Waals surface area contributed by atoms with Crippen molar-refractivity contribution < 1.29 is 14.3 Å². The van der Waals surface area contributed by atoms with Crippen LogP contribution in [0.1, 0.15) is 34.1 Å². The molecule has 0 aromatic heterocycles. The lowest BCUT2D eigenvalue weighted by Gasteiger charge is -2.26. The predicted molar refractivity (Wildman–Crippen MR) is 66.8 cm³/mol. The molecule has 0 aliphatic heterocycles. The lowest BCUT2D eigenvalue weighted by Crippen LogP contribution is -2.38. The van der Waals surface area contributed by atoms with Crippen LogP contribution in [0.3, 0.4) is 0 Å². The van der Waals surface area contributed by atoms with Crippen LogP contribution in [0, 0.1) is 0 Å². The first-order valence-corrected chi connectivity index (χ1v) is 5.93. The van der Waals surface area contributed by atoms with Gasteiger partial charge in [0.2, 0.25) is 6.41 Å². The Hall–Kier alpha value is -1.26. The Morgan fingerprint density at radius 3 is 2.29 bits per heavy atom. The van der Waals surface area contributed by atoms with Crippen molar-refractivity contribution in [3.63, 3.8) is 0 Å². The fourth-order valence-electron chi connectivity index (χ4n) is 1.27. The van der Waals surface area contributed by atoms with Crippen molar-refractivity contribution in [2.75, 3.05) is 26.7 Å². The molecule has 17 heavy (non-hydrogen) atoms. The van der Waals surface area contributed by atoms with Gasteiger partial charge < -0.3 is 14.5 Å². The van der Waals surface area contributed by atoms with Crippen LogP contribution >= 0.6 is 0 Å². The molecule has 0 unspecified atom stereocenters. The highest BCUT2D eigenvalue weighted by molar-refractivity contribution is 5.68. The summed E-state index contributed by atoms with van der Waals surface area (Å²) in [5, 5.41) is 0. The van der Waals surface area contributed by atoms with E-state index in [2.05, 4.69) is 0 Å². The summed E-state index contributed by atoms with van der Waals surface area (Å²) in [6.45, 7) is 9.30. The largest absolute Gasteiger partial charge is 0.444 e. The zero-order chi connectivity index (χ0) is 13.5. The van der Waals surface area contributed by atoms with E-state index < -0.39 is 5.60 Å². The molecular weight excluding hydrogens is 220 g/mol. The van der Waals surface area contributed by atoms with Crippen LogP contribution in [0.2, 0.25) is 0 Å². The number of nitrogens with zero attached hydrogens (tertiary/aromatic N) is 2. The van der Waals surface area contributed by atoms with Crippen LogP contribution < -0.4 is 0 Å². The lowest BCUT2D eigenvalue weighted by atomic mass is 10.2. The second-order valence-electron chi connectivity index (χ2n) is 5.00. The third kappa shape index (κ3) is 7.60. The fraction of sp³-hybridized carbons (Fsp3) is 0.833. The number of hydrogen-bond acceptors (Lipinski definition) is 3. The van der Waals surface area contributed by atoms with Gasteiger partial charge in [-0.1, -0.05) is 0 Å². The molecule has 0 aromatic rings. The highest BCUT2D eigenvalue weighted by Gasteiger charge is 2.20. The quantitative estimate of drug-likeness (QED) is 0.668. The molecule has 0 aliphatic rings. The first-order chi connectivity index (χ1) is 7.80. The number of carbonyl (C=O) groups excluding carboxylic acids is 2. The SMILES string of the molecule is CCN(CCCN(C)C=O)C(=O)OC(C)(C)C. The topological polar surface area (TPSA) is 49.9 Å². The Kier molecular flexibility index (Phi) is 6.61. The van der Waals surface area contributed by atoms with E-state index >= 15 is 0 Å². The molecule has 0 bridgehead atoms. The minimum atomic E-state index is -0.468. The summed E-state index contributed by atoms with van der Waals surface area (Å²) < 4.78 is 5.28. The number of rotatable bonds is 6. The molecule has 0 spiro atoms. The maximum atomic E-state index is 11.8. The van der Waals surface area contributed by atoms with Crippen molar-refractivity contribution in [2.24, 2.45) is 0 Å². The van der Waals surface area contributed by atoms with Gasteiger partial charge in [-0.2, -0.15) is 0 Å². The highest BCUT2D eigenvalue weighted by atomic mass is 16.6. The van der Waals surface area contributed by atoms with Crippen LogP contribution in [0.15, 0.2) is 0 Å². The second-order valence-corrected chi connectivity index (χ2v) is 5.00. The molecule has 0 heterocycles. The van der Waals surface area contributed by atoms with Gasteiger partial charge in [-0.3, -0.25) is 4.79 Å². The molecule has 0 atom stereocenters. The van der Waals surface area contributed by atoms with E-state index in [0.717, 1.165) is 12.8 Å². The van der Waals surface area contributed by atoms with E-state index in [0.29, 0.717) is 19.6 Å². The molecule has 0 saturated carbocycles. The molecule has 0 aliphatic carbocycles. The molecule has 0 saturated heterocycles. The Morgan fingerprint density at radius 1 is 1.29 bits per heavy atom. The molecule has 2 amide bonds. The molecule has 0 radical (unpaired) electrons. The van der Waals surface area contributed by atoms with Crippen molar-refractivity contribution in [2.45, 2.75) is 39.7 Å². The van der Waals surface area contributed by atoms with Crippen molar-refractivity contribution in [1.29, 1.82) is 0 Å². The van der Waals surface area contributed by atoms with E-state index in [-0.39, 0.29) is 6.09 Å². The summed E-state index contributed by atoms with van der Waals surface area (Å²) in [5.41, 5.74) is -0.468. The van der Waals surface area contributed by atoms with E-state index in [9.17, 15) is 9.59 Å². The van der Waals surface area contributed by atoms with Gasteiger partial charge in [0, 0.05) is 26.7 Å². The van der Waals surface area contributed by atoms with Crippen LogP contribution in [0.5, 0.6) is 0 Å². The van der Waals surface area contributed by atoms with Gasteiger partial charge >= 0.3 is 6.09 Å². The normalized spacial score (nSPS) is 10.9. The summed E-state index contributed by atoms with van der Waals surface area (Å²) >= 11 is 0. The van der Waals surface area contributed by atoms with Gasteiger partial charge in [0.1, 0.15) is 5.60 Å². The molecule has 0 N–H and O–H groups in total. The molecule has 0 fully saturated rings. The minimum Gasteiger partial charge on any atom is -0.444 e. The van der Waals surface area contributed by atoms with Gasteiger partial charge in [0.05, 0.1) is 0 Å². The van der Waals surface area contributed by atoms with E-state index in [1.165, 1.54) is 0 Å². The Balaban J connectivity index is 4.06. The maximum absolute atomic E-state index is 11.8. The first kappa shape index (κ1) is 15.7. The highest BCUT2D eigenvalue weighted by Crippen LogP contribution is 2.10. The Bertz CT molecular complexity index is 249. The Labute approximate surface area is 104 Å². The van der Waals surface area contributed by atoms with Crippen molar-refractivity contribution in [3.8, 4) is 0 Å². The molecule has 0 aromatic carbocycles. The van der Waals surface area contributed by atoms with Crippen LogP contribution in [-0.4, -0.2) is 54.6 Å². The van der Waals surface area contributed by atoms with E-state index in [1.54, 1.807) is 16.8 Å². The summed E-state index contributed by atoms with van der Waals surface area (Å²) in [4.78, 5) is 25.3. The maximum Gasteiger partial charge on any atom is 0.410 e. The second kappa shape index (κ2) is 7.14. The monoisotopic (exact) mass is 244 g/mol. The zero-order valence-electron chi connectivity index (χ0n) is 11.5. The average molecular weight is 244 g/mol. The summed E-state index contributed by atoms with van der Waals surface area (Å²) in [7, 11) is 1.72. The number of carbonyl (C=O) groups is 2. The zero-order valence-corrected chi connectivity index (χ0v) is 11.5. The number of ether oxygens (including phenoxy) is 1.